The van der Waals surface area contributed by atoms with E-state index in [9.17, 15) is 9.59 Å². The molecule has 8 nitrogen and oxygen atoms in total. The number of rotatable bonds is 8. The van der Waals surface area contributed by atoms with Crippen molar-refractivity contribution in [3.63, 3.8) is 0 Å². The summed E-state index contributed by atoms with van der Waals surface area (Å²) in [4.78, 5) is 25.0. The highest BCUT2D eigenvalue weighted by Gasteiger charge is 2.34. The van der Waals surface area contributed by atoms with Gasteiger partial charge in [-0.25, -0.2) is 4.79 Å². The Kier molecular flexibility index (Phi) is 6.41. The molecule has 3 N–H and O–H groups in total. The normalized spacial score (nSPS) is 20.8. The van der Waals surface area contributed by atoms with Crippen LogP contribution in [-0.2, 0) is 4.79 Å². The molecule has 0 aliphatic heterocycles. The van der Waals surface area contributed by atoms with E-state index in [-0.39, 0.29) is 24.7 Å². The van der Waals surface area contributed by atoms with Crippen LogP contribution in [0.3, 0.4) is 0 Å². The summed E-state index contributed by atoms with van der Waals surface area (Å²) in [6.07, 6.45) is 4.21. The van der Waals surface area contributed by atoms with Crippen LogP contribution in [0.4, 0.5) is 10.5 Å². The van der Waals surface area contributed by atoms with Crippen molar-refractivity contribution >= 4 is 17.7 Å². The summed E-state index contributed by atoms with van der Waals surface area (Å²) in [5, 5.41) is 19.1. The van der Waals surface area contributed by atoms with E-state index in [2.05, 4.69) is 29.6 Å². The van der Waals surface area contributed by atoms with Gasteiger partial charge in [0.25, 0.3) is 0 Å². The lowest BCUT2D eigenvalue weighted by molar-refractivity contribution is -0.139. The third-order valence-corrected chi connectivity index (χ3v) is 5.01. The molecule has 0 bridgehead atoms. The molecule has 1 unspecified atom stereocenters. The Morgan fingerprint density at radius 1 is 1.44 bits per heavy atom. The Morgan fingerprint density at radius 3 is 2.68 bits per heavy atom. The molecule has 1 aromatic rings. The first kappa shape index (κ1) is 19.2. The van der Waals surface area contributed by atoms with E-state index in [1.54, 1.807) is 6.20 Å². The van der Waals surface area contributed by atoms with Gasteiger partial charge in [-0.2, -0.15) is 5.10 Å². The fourth-order valence-electron chi connectivity index (χ4n) is 3.18. The Bertz CT molecular complexity index is 609. The van der Waals surface area contributed by atoms with Crippen LogP contribution in [0.1, 0.15) is 51.8 Å². The van der Waals surface area contributed by atoms with Gasteiger partial charge < -0.3 is 15.7 Å². The second-order valence-electron chi connectivity index (χ2n) is 6.72. The predicted octanol–water partition coefficient (Wildman–Crippen LogP) is 2.22. The predicted molar refractivity (Wildman–Crippen MR) is 95.8 cm³/mol. The molecule has 0 radical (unpaired) electrons. The maximum absolute atomic E-state index is 12.2. The molecule has 2 amide bonds. The first-order chi connectivity index (χ1) is 11.8. The van der Waals surface area contributed by atoms with Crippen molar-refractivity contribution in [1.82, 2.24) is 20.0 Å². The van der Waals surface area contributed by atoms with Gasteiger partial charge in [-0.05, 0) is 39.7 Å². The highest BCUT2D eigenvalue weighted by atomic mass is 16.4. The van der Waals surface area contributed by atoms with Crippen LogP contribution in [0.2, 0.25) is 0 Å². The summed E-state index contributed by atoms with van der Waals surface area (Å²) in [6.45, 7) is 8.84. The largest absolute Gasteiger partial charge is 0.480 e. The van der Waals surface area contributed by atoms with Crippen LogP contribution in [0.15, 0.2) is 6.20 Å². The number of hydrogen-bond donors (Lipinski definition) is 3. The van der Waals surface area contributed by atoms with Crippen LogP contribution in [0, 0.1) is 6.92 Å². The number of amides is 2. The average Bonchev–Trinajstić information content (AvgIpc) is 2.88. The zero-order valence-corrected chi connectivity index (χ0v) is 15.5. The lowest BCUT2D eigenvalue weighted by Crippen LogP contribution is -2.55. The van der Waals surface area contributed by atoms with Gasteiger partial charge in [0.15, 0.2) is 0 Å². The van der Waals surface area contributed by atoms with Crippen molar-refractivity contribution in [2.45, 2.75) is 65.1 Å². The molecule has 0 saturated heterocycles. The van der Waals surface area contributed by atoms with Crippen LogP contribution in [0.25, 0.3) is 0 Å². The van der Waals surface area contributed by atoms with E-state index >= 15 is 0 Å². The molecule has 1 aliphatic carbocycles. The molecule has 1 aromatic heterocycles. The lowest BCUT2D eigenvalue weighted by Gasteiger charge is -2.42. The molecule has 1 heterocycles. The summed E-state index contributed by atoms with van der Waals surface area (Å²) >= 11 is 0. The van der Waals surface area contributed by atoms with E-state index in [4.69, 9.17) is 5.11 Å². The monoisotopic (exact) mass is 351 g/mol. The number of likely N-dealkylation sites (N-methyl/N-ethyl adjacent to an activating group) is 1. The van der Waals surface area contributed by atoms with Crippen molar-refractivity contribution in [3.05, 3.63) is 11.9 Å². The standard InChI is InChI=1S/C17H29N5O3/c1-5-11(3)22-12(4)15(9-18-22)20-17(25)19-13-7-14(8-13)21(6-2)10-16(23)24/h9,11,13-14H,5-8,10H2,1-4H3,(H,23,24)(H2,19,20,25). The number of carboxylic acids is 1. The van der Waals surface area contributed by atoms with E-state index in [1.165, 1.54) is 0 Å². The number of urea groups is 1. The summed E-state index contributed by atoms with van der Waals surface area (Å²) < 4.78 is 1.92. The second kappa shape index (κ2) is 8.33. The molecule has 1 atom stereocenters. The van der Waals surface area contributed by atoms with Gasteiger partial charge in [0, 0.05) is 18.1 Å². The molecule has 0 aromatic carbocycles. The third kappa shape index (κ3) is 4.72. The number of nitrogens with zero attached hydrogens (tertiary/aromatic N) is 3. The summed E-state index contributed by atoms with van der Waals surface area (Å²) in [5.41, 5.74) is 1.66. The number of carboxylic acid groups (broad SMARTS) is 1. The first-order valence-electron chi connectivity index (χ1n) is 8.93. The van der Waals surface area contributed by atoms with E-state index < -0.39 is 5.97 Å². The lowest BCUT2D eigenvalue weighted by atomic mass is 9.85. The summed E-state index contributed by atoms with van der Waals surface area (Å²) in [6, 6.07) is 0.357. The Hall–Kier alpha value is -2.09. The van der Waals surface area contributed by atoms with Crippen LogP contribution < -0.4 is 10.6 Å². The van der Waals surface area contributed by atoms with E-state index in [1.807, 2.05) is 23.4 Å². The third-order valence-electron chi connectivity index (χ3n) is 5.01. The topological polar surface area (TPSA) is 99.5 Å². The van der Waals surface area contributed by atoms with Crippen molar-refractivity contribution in [1.29, 1.82) is 0 Å². The van der Waals surface area contributed by atoms with Crippen LogP contribution >= 0.6 is 0 Å². The van der Waals surface area contributed by atoms with Crippen LogP contribution in [-0.4, -0.2) is 57.0 Å². The Morgan fingerprint density at radius 2 is 2.12 bits per heavy atom. The molecule has 2 rings (SSSR count). The minimum Gasteiger partial charge on any atom is -0.480 e. The fraction of sp³-hybridized carbons (Fsp3) is 0.706. The van der Waals surface area contributed by atoms with Gasteiger partial charge in [0.05, 0.1) is 24.1 Å². The van der Waals surface area contributed by atoms with Crippen molar-refractivity contribution < 1.29 is 14.7 Å². The highest BCUT2D eigenvalue weighted by Crippen LogP contribution is 2.26. The molecule has 140 valence electrons. The fourth-order valence-corrected chi connectivity index (χ4v) is 3.18. The maximum Gasteiger partial charge on any atom is 0.319 e. The quantitative estimate of drug-likeness (QED) is 0.667. The minimum atomic E-state index is -0.815. The summed E-state index contributed by atoms with van der Waals surface area (Å²) in [5.74, 6) is -0.815. The zero-order valence-electron chi connectivity index (χ0n) is 15.5. The Labute approximate surface area is 148 Å². The molecule has 25 heavy (non-hydrogen) atoms. The minimum absolute atomic E-state index is 0.0497. The average molecular weight is 351 g/mol. The molecule has 1 fully saturated rings. The maximum atomic E-state index is 12.2. The van der Waals surface area contributed by atoms with Gasteiger partial charge in [-0.3, -0.25) is 14.4 Å². The summed E-state index contributed by atoms with van der Waals surface area (Å²) in [7, 11) is 0. The number of carbonyl (C=O) groups excluding carboxylic acids is 1. The molecular formula is C17H29N5O3. The number of hydrogen-bond acceptors (Lipinski definition) is 4. The van der Waals surface area contributed by atoms with Crippen molar-refractivity contribution in [3.8, 4) is 0 Å². The van der Waals surface area contributed by atoms with Gasteiger partial charge in [-0.15, -0.1) is 0 Å². The van der Waals surface area contributed by atoms with Gasteiger partial charge in [0.1, 0.15) is 0 Å². The first-order valence-corrected chi connectivity index (χ1v) is 8.93. The number of aromatic nitrogens is 2. The van der Waals surface area contributed by atoms with Crippen molar-refractivity contribution in [2.75, 3.05) is 18.4 Å². The number of aliphatic carboxylic acids is 1. The van der Waals surface area contributed by atoms with Crippen molar-refractivity contribution in [2.24, 2.45) is 0 Å². The molecule has 1 aliphatic rings. The number of nitrogens with one attached hydrogen (secondary N) is 2. The highest BCUT2D eigenvalue weighted by molar-refractivity contribution is 5.90. The van der Waals surface area contributed by atoms with Gasteiger partial charge in [0.2, 0.25) is 0 Å². The molecule has 8 heteroatoms. The van der Waals surface area contributed by atoms with E-state index in [0.29, 0.717) is 12.6 Å². The zero-order chi connectivity index (χ0) is 18.6. The van der Waals surface area contributed by atoms with E-state index in [0.717, 1.165) is 30.6 Å². The SMILES string of the molecule is CCC(C)n1ncc(NC(=O)NC2CC(N(CC)CC(=O)O)C2)c1C. The van der Waals surface area contributed by atoms with Gasteiger partial charge >= 0.3 is 12.0 Å². The smallest absolute Gasteiger partial charge is 0.319 e. The number of anilines is 1. The molecule has 1 saturated carbocycles. The number of carbonyl (C=O) groups is 2. The molecular weight excluding hydrogens is 322 g/mol. The van der Waals surface area contributed by atoms with Gasteiger partial charge in [-0.1, -0.05) is 13.8 Å². The second-order valence-corrected chi connectivity index (χ2v) is 6.72. The molecule has 0 spiro atoms. The Balaban J connectivity index is 1.81. The van der Waals surface area contributed by atoms with Crippen LogP contribution in [0.5, 0.6) is 0 Å².